The number of carbonyl (C=O) groups excluding carboxylic acids is 1. The van der Waals surface area contributed by atoms with Crippen molar-refractivity contribution in [2.45, 2.75) is 6.42 Å². The van der Waals surface area contributed by atoms with Gasteiger partial charge in [0.1, 0.15) is 11.6 Å². The number of fused-ring (bicyclic) bond motifs is 1. The second-order valence-corrected chi connectivity index (χ2v) is 4.61. The third-order valence-corrected chi connectivity index (χ3v) is 3.28. The molecular formula is C15H12F2N2O. The summed E-state index contributed by atoms with van der Waals surface area (Å²) in [7, 11) is 0. The van der Waals surface area contributed by atoms with E-state index in [0.29, 0.717) is 24.3 Å². The topological polar surface area (TPSA) is 32.3 Å². The monoisotopic (exact) mass is 274 g/mol. The first-order valence-corrected chi connectivity index (χ1v) is 6.26. The third-order valence-electron chi connectivity index (χ3n) is 3.28. The van der Waals surface area contributed by atoms with Crippen LogP contribution in [-0.4, -0.2) is 12.6 Å². The molecule has 0 fully saturated rings. The number of hydrogen-bond donors (Lipinski definition) is 1. The van der Waals surface area contributed by atoms with Crippen molar-refractivity contribution < 1.29 is 13.6 Å². The second kappa shape index (κ2) is 4.92. The lowest BCUT2D eigenvalue weighted by Gasteiger charge is -2.18. The van der Waals surface area contributed by atoms with Gasteiger partial charge < -0.3 is 5.32 Å². The zero-order valence-corrected chi connectivity index (χ0v) is 10.6. The van der Waals surface area contributed by atoms with Crippen molar-refractivity contribution in [2.75, 3.05) is 16.8 Å². The molecule has 5 heteroatoms. The Bertz CT molecular complexity index is 655. The van der Waals surface area contributed by atoms with Crippen LogP contribution in [-0.2, 0) is 6.42 Å². The average Bonchev–Trinajstić information content (AvgIpc) is 2.84. The summed E-state index contributed by atoms with van der Waals surface area (Å²) in [5.41, 5.74) is 2.05. The first-order chi connectivity index (χ1) is 9.63. The van der Waals surface area contributed by atoms with Crippen molar-refractivity contribution in [3.05, 3.63) is 59.7 Å². The van der Waals surface area contributed by atoms with Gasteiger partial charge in [-0.25, -0.2) is 13.6 Å². The highest BCUT2D eigenvalue weighted by atomic mass is 19.1. The minimum absolute atomic E-state index is 0.301. The molecule has 1 heterocycles. The quantitative estimate of drug-likeness (QED) is 0.847. The minimum Gasteiger partial charge on any atom is -0.308 e. The molecule has 1 N–H and O–H groups in total. The summed E-state index contributed by atoms with van der Waals surface area (Å²) in [5, 5.41) is 2.69. The zero-order chi connectivity index (χ0) is 14.1. The van der Waals surface area contributed by atoms with Crippen LogP contribution in [0.15, 0.2) is 42.5 Å². The predicted molar refractivity (Wildman–Crippen MR) is 72.9 cm³/mol. The number of urea groups is 1. The Morgan fingerprint density at radius 3 is 2.50 bits per heavy atom. The van der Waals surface area contributed by atoms with Gasteiger partial charge in [0, 0.05) is 17.9 Å². The molecule has 0 radical (unpaired) electrons. The van der Waals surface area contributed by atoms with E-state index in [-0.39, 0.29) is 17.7 Å². The largest absolute Gasteiger partial charge is 0.326 e. The lowest BCUT2D eigenvalue weighted by Crippen LogP contribution is -2.33. The number of nitrogens with zero attached hydrogens (tertiary/aromatic N) is 1. The fraction of sp³-hybridized carbons (Fsp3) is 0.133. The summed E-state index contributed by atoms with van der Waals surface area (Å²) in [5.74, 6) is -0.658. The van der Waals surface area contributed by atoms with Crippen LogP contribution in [0.1, 0.15) is 5.56 Å². The first kappa shape index (κ1) is 12.6. The SMILES string of the molecule is O=C(Nc1ccc(F)cc1)N1CCc2cc(F)ccc21. The summed E-state index contributed by atoms with van der Waals surface area (Å²) in [6, 6.07) is 9.63. The van der Waals surface area contributed by atoms with E-state index in [2.05, 4.69) is 5.32 Å². The Balaban J connectivity index is 1.78. The van der Waals surface area contributed by atoms with Crippen LogP contribution >= 0.6 is 0 Å². The minimum atomic E-state index is -0.356. The molecule has 0 aliphatic carbocycles. The second-order valence-electron chi connectivity index (χ2n) is 4.61. The number of carbonyl (C=O) groups is 1. The van der Waals surface area contributed by atoms with Crippen molar-refractivity contribution in [1.29, 1.82) is 0 Å². The standard InChI is InChI=1S/C15H12F2N2O/c16-11-1-4-13(5-2-11)18-15(20)19-8-7-10-9-12(17)3-6-14(10)19/h1-6,9H,7-8H2,(H,18,20). The maximum atomic E-state index is 13.1. The van der Waals surface area contributed by atoms with Gasteiger partial charge in [-0.3, -0.25) is 4.90 Å². The first-order valence-electron chi connectivity index (χ1n) is 6.26. The van der Waals surface area contributed by atoms with Crippen LogP contribution in [0.2, 0.25) is 0 Å². The average molecular weight is 274 g/mol. The fourth-order valence-electron chi connectivity index (χ4n) is 2.31. The number of hydrogen-bond acceptors (Lipinski definition) is 1. The molecule has 2 amide bonds. The predicted octanol–water partition coefficient (Wildman–Crippen LogP) is 3.56. The number of benzene rings is 2. The van der Waals surface area contributed by atoms with E-state index < -0.39 is 0 Å². The molecule has 0 aromatic heterocycles. The summed E-state index contributed by atoms with van der Waals surface area (Å²) in [6.07, 6.45) is 0.629. The van der Waals surface area contributed by atoms with Gasteiger partial charge in [0.05, 0.1) is 0 Å². The third kappa shape index (κ3) is 2.34. The van der Waals surface area contributed by atoms with Crippen molar-refractivity contribution >= 4 is 17.4 Å². The molecule has 3 rings (SSSR count). The highest BCUT2D eigenvalue weighted by Gasteiger charge is 2.24. The van der Waals surface area contributed by atoms with Gasteiger partial charge in [0.25, 0.3) is 0 Å². The maximum absolute atomic E-state index is 13.1. The molecule has 0 saturated heterocycles. The summed E-state index contributed by atoms with van der Waals surface area (Å²) in [4.78, 5) is 13.7. The summed E-state index contributed by atoms with van der Waals surface area (Å²) in [6.45, 7) is 0.506. The molecule has 0 bridgehead atoms. The lowest BCUT2D eigenvalue weighted by atomic mass is 10.2. The van der Waals surface area contributed by atoms with Crippen molar-refractivity contribution in [1.82, 2.24) is 0 Å². The Morgan fingerprint density at radius 2 is 1.75 bits per heavy atom. The van der Waals surface area contributed by atoms with E-state index in [1.165, 1.54) is 36.4 Å². The Morgan fingerprint density at radius 1 is 1.05 bits per heavy atom. The number of nitrogens with one attached hydrogen (secondary N) is 1. The molecule has 0 unspecified atom stereocenters. The van der Waals surface area contributed by atoms with Gasteiger partial charge in [0.2, 0.25) is 0 Å². The van der Waals surface area contributed by atoms with E-state index in [1.807, 2.05) is 0 Å². The molecule has 0 spiro atoms. The maximum Gasteiger partial charge on any atom is 0.326 e. The van der Waals surface area contributed by atoms with Crippen molar-refractivity contribution in [2.24, 2.45) is 0 Å². The molecule has 2 aromatic carbocycles. The zero-order valence-electron chi connectivity index (χ0n) is 10.6. The van der Waals surface area contributed by atoms with Gasteiger partial charge >= 0.3 is 6.03 Å². The highest BCUT2D eigenvalue weighted by molar-refractivity contribution is 6.03. The number of halogens is 2. The van der Waals surface area contributed by atoms with Gasteiger partial charge in [-0.2, -0.15) is 0 Å². The van der Waals surface area contributed by atoms with Crippen LogP contribution in [0.5, 0.6) is 0 Å². The van der Waals surface area contributed by atoms with Crippen LogP contribution in [0.25, 0.3) is 0 Å². The van der Waals surface area contributed by atoms with E-state index in [1.54, 1.807) is 11.0 Å². The van der Waals surface area contributed by atoms with Crippen LogP contribution in [0, 0.1) is 11.6 Å². The van der Waals surface area contributed by atoms with Crippen LogP contribution in [0.3, 0.4) is 0 Å². The van der Waals surface area contributed by atoms with Gasteiger partial charge in [-0.1, -0.05) is 0 Å². The molecule has 1 aliphatic rings. The molecule has 0 atom stereocenters. The van der Waals surface area contributed by atoms with Gasteiger partial charge in [0.15, 0.2) is 0 Å². The van der Waals surface area contributed by atoms with Crippen LogP contribution < -0.4 is 10.2 Å². The van der Waals surface area contributed by atoms with E-state index in [9.17, 15) is 13.6 Å². The van der Waals surface area contributed by atoms with Crippen LogP contribution in [0.4, 0.5) is 25.0 Å². The lowest BCUT2D eigenvalue weighted by molar-refractivity contribution is 0.257. The smallest absolute Gasteiger partial charge is 0.308 e. The van der Waals surface area contributed by atoms with Crippen molar-refractivity contribution in [3.8, 4) is 0 Å². The Hall–Kier alpha value is -2.43. The molecular weight excluding hydrogens is 262 g/mol. The number of amides is 2. The van der Waals surface area contributed by atoms with E-state index in [4.69, 9.17) is 0 Å². The molecule has 102 valence electrons. The number of rotatable bonds is 1. The van der Waals surface area contributed by atoms with E-state index >= 15 is 0 Å². The van der Waals surface area contributed by atoms with Gasteiger partial charge in [-0.15, -0.1) is 0 Å². The Kier molecular flexibility index (Phi) is 3.10. The number of anilines is 2. The van der Waals surface area contributed by atoms with E-state index in [0.717, 1.165) is 5.56 Å². The van der Waals surface area contributed by atoms with Crippen molar-refractivity contribution in [3.63, 3.8) is 0 Å². The normalized spacial score (nSPS) is 13.2. The summed E-state index contributed by atoms with van der Waals surface area (Å²) >= 11 is 0. The Labute approximate surface area is 114 Å². The molecule has 2 aromatic rings. The molecule has 20 heavy (non-hydrogen) atoms. The molecule has 3 nitrogen and oxygen atoms in total. The fourth-order valence-corrected chi connectivity index (χ4v) is 2.31. The molecule has 0 saturated carbocycles. The highest BCUT2D eigenvalue weighted by Crippen LogP contribution is 2.29. The summed E-state index contributed by atoms with van der Waals surface area (Å²) < 4.78 is 25.9. The van der Waals surface area contributed by atoms with Gasteiger partial charge in [-0.05, 0) is 54.4 Å². The molecule has 1 aliphatic heterocycles.